The fourth-order valence-corrected chi connectivity index (χ4v) is 3.06. The lowest BCUT2D eigenvalue weighted by molar-refractivity contribution is 0.185. The second-order valence-corrected chi connectivity index (χ2v) is 6.79. The molecule has 2 aromatic carbocycles. The summed E-state index contributed by atoms with van der Waals surface area (Å²) in [4.78, 5) is 2.98. The maximum absolute atomic E-state index is 9.40. The Labute approximate surface area is 151 Å². The van der Waals surface area contributed by atoms with Gasteiger partial charge in [-0.05, 0) is 48.4 Å². The van der Waals surface area contributed by atoms with Crippen LogP contribution in [-0.4, -0.2) is 35.4 Å². The molecule has 0 spiro atoms. The van der Waals surface area contributed by atoms with E-state index in [0.717, 1.165) is 23.4 Å². The van der Waals surface area contributed by atoms with Crippen LogP contribution in [0.25, 0.3) is 0 Å². The highest BCUT2D eigenvalue weighted by molar-refractivity contribution is 8.13. The zero-order chi connectivity index (χ0) is 17.4. The van der Waals surface area contributed by atoms with Gasteiger partial charge in [-0.15, -0.1) is 0 Å². The van der Waals surface area contributed by atoms with Gasteiger partial charge in [0, 0.05) is 36.7 Å². The third-order valence-electron chi connectivity index (χ3n) is 3.40. The Morgan fingerprint density at radius 2 is 1.83 bits per heavy atom. The smallest absolute Gasteiger partial charge is 0.161 e. The maximum atomic E-state index is 9.40. The van der Waals surface area contributed by atoms with Crippen molar-refractivity contribution in [2.75, 3.05) is 20.3 Å². The van der Waals surface area contributed by atoms with E-state index in [1.807, 2.05) is 41.3 Å². The first-order valence-electron chi connectivity index (χ1n) is 7.62. The van der Waals surface area contributed by atoms with Crippen molar-refractivity contribution in [3.05, 3.63) is 59.1 Å². The van der Waals surface area contributed by atoms with Crippen molar-refractivity contribution in [3.8, 4) is 5.75 Å². The Balaban J connectivity index is 2.04. The normalized spacial score (nSPS) is 10.6. The molecule has 0 saturated heterocycles. The monoisotopic (exact) mass is 364 g/mol. The van der Waals surface area contributed by atoms with Crippen LogP contribution in [0, 0.1) is 5.41 Å². The number of benzene rings is 2. The van der Waals surface area contributed by atoms with Crippen LogP contribution in [0.3, 0.4) is 0 Å². The molecule has 0 unspecified atom stereocenters. The zero-order valence-electron chi connectivity index (χ0n) is 13.5. The van der Waals surface area contributed by atoms with Crippen LogP contribution in [0.5, 0.6) is 5.75 Å². The molecule has 2 rings (SSSR count). The first-order valence-corrected chi connectivity index (χ1v) is 8.81. The van der Waals surface area contributed by atoms with E-state index in [4.69, 9.17) is 21.7 Å². The average molecular weight is 365 g/mol. The van der Waals surface area contributed by atoms with Gasteiger partial charge in [0.15, 0.2) is 5.17 Å². The third kappa shape index (κ3) is 6.07. The van der Waals surface area contributed by atoms with Crippen molar-refractivity contribution in [2.45, 2.75) is 17.9 Å². The number of ether oxygens (including phenoxy) is 1. The molecule has 0 aliphatic rings. The summed E-state index contributed by atoms with van der Waals surface area (Å²) in [5, 5.41) is 19.0. The molecule has 0 bridgehead atoms. The fraction of sp³-hybridized carbons (Fsp3) is 0.278. The third-order valence-corrected chi connectivity index (χ3v) is 4.61. The number of halogens is 1. The molecule has 0 atom stereocenters. The summed E-state index contributed by atoms with van der Waals surface area (Å²) in [6, 6.07) is 14.6. The Morgan fingerprint density at radius 1 is 1.17 bits per heavy atom. The minimum atomic E-state index is 0.246. The molecular weight excluding hydrogens is 344 g/mol. The van der Waals surface area contributed by atoms with E-state index in [2.05, 4.69) is 0 Å². The lowest BCUT2D eigenvalue weighted by atomic mass is 10.2. The van der Waals surface area contributed by atoms with E-state index >= 15 is 0 Å². The van der Waals surface area contributed by atoms with E-state index in [0.29, 0.717) is 23.3 Å². The zero-order valence-corrected chi connectivity index (χ0v) is 15.1. The standard InChI is InChI=1S/C18H21ClN2O2S/c1-23-12-2-11-21(13-14-3-7-16(22)8-4-14)18(20)24-17-9-5-15(19)6-10-17/h3-10,20,22H,2,11-13H2,1H3. The SMILES string of the molecule is COCCCN(Cc1ccc(O)cc1)C(=N)Sc1ccc(Cl)cc1. The first-order chi connectivity index (χ1) is 11.6. The minimum absolute atomic E-state index is 0.246. The van der Waals surface area contributed by atoms with Crippen LogP contribution in [-0.2, 0) is 11.3 Å². The van der Waals surface area contributed by atoms with Gasteiger partial charge in [-0.1, -0.05) is 35.5 Å². The lowest BCUT2D eigenvalue weighted by Gasteiger charge is -2.24. The number of phenolic OH excluding ortho intramolecular Hbond substituents is 1. The quantitative estimate of drug-likeness (QED) is 0.326. The molecule has 24 heavy (non-hydrogen) atoms. The van der Waals surface area contributed by atoms with Crippen molar-refractivity contribution in [3.63, 3.8) is 0 Å². The number of thioether (sulfide) groups is 1. The van der Waals surface area contributed by atoms with E-state index in [-0.39, 0.29) is 5.75 Å². The van der Waals surface area contributed by atoms with Gasteiger partial charge < -0.3 is 14.7 Å². The highest BCUT2D eigenvalue weighted by Gasteiger charge is 2.12. The summed E-state index contributed by atoms with van der Waals surface area (Å²) in [5.74, 6) is 0.246. The number of nitrogens with one attached hydrogen (secondary N) is 1. The molecule has 0 amide bonds. The van der Waals surface area contributed by atoms with E-state index in [1.54, 1.807) is 19.2 Å². The fourth-order valence-electron chi connectivity index (χ4n) is 2.15. The summed E-state index contributed by atoms with van der Waals surface area (Å²) in [7, 11) is 1.68. The lowest BCUT2D eigenvalue weighted by Crippen LogP contribution is -2.29. The number of methoxy groups -OCH3 is 1. The number of phenols is 1. The second-order valence-electron chi connectivity index (χ2n) is 5.30. The summed E-state index contributed by atoms with van der Waals surface area (Å²) >= 11 is 7.31. The predicted octanol–water partition coefficient (Wildman–Crippen LogP) is 4.61. The van der Waals surface area contributed by atoms with Crippen molar-refractivity contribution >= 4 is 28.5 Å². The number of aromatic hydroxyl groups is 1. The summed E-state index contributed by atoms with van der Waals surface area (Å²) in [6.07, 6.45) is 0.845. The summed E-state index contributed by atoms with van der Waals surface area (Å²) < 4.78 is 5.12. The molecule has 4 nitrogen and oxygen atoms in total. The second kappa shape index (κ2) is 9.57. The molecule has 128 valence electrons. The Hall–Kier alpha value is -1.69. The van der Waals surface area contributed by atoms with E-state index < -0.39 is 0 Å². The molecule has 0 fully saturated rings. The highest BCUT2D eigenvalue weighted by atomic mass is 35.5. The predicted molar refractivity (Wildman–Crippen MR) is 100 cm³/mol. The first kappa shape index (κ1) is 18.6. The number of nitrogens with zero attached hydrogens (tertiary/aromatic N) is 1. The van der Waals surface area contributed by atoms with Gasteiger partial charge in [-0.2, -0.15) is 0 Å². The van der Waals surface area contributed by atoms with E-state index in [9.17, 15) is 5.11 Å². The Bertz CT molecular complexity index is 647. The van der Waals surface area contributed by atoms with Crippen LogP contribution in [0.15, 0.2) is 53.4 Å². The molecule has 0 heterocycles. The minimum Gasteiger partial charge on any atom is -0.508 e. The number of amidine groups is 1. The highest BCUT2D eigenvalue weighted by Crippen LogP contribution is 2.24. The molecule has 0 saturated carbocycles. The molecule has 0 aromatic heterocycles. The van der Waals surface area contributed by atoms with Gasteiger partial charge in [0.2, 0.25) is 0 Å². The van der Waals surface area contributed by atoms with E-state index in [1.165, 1.54) is 11.8 Å². The van der Waals surface area contributed by atoms with Gasteiger partial charge in [0.25, 0.3) is 0 Å². The van der Waals surface area contributed by atoms with Crippen molar-refractivity contribution in [1.82, 2.24) is 4.90 Å². The van der Waals surface area contributed by atoms with Crippen molar-refractivity contribution < 1.29 is 9.84 Å². The molecular formula is C18H21ClN2O2S. The maximum Gasteiger partial charge on any atom is 0.161 e. The molecule has 0 aliphatic carbocycles. The topological polar surface area (TPSA) is 56.6 Å². The van der Waals surface area contributed by atoms with Crippen LogP contribution in [0.1, 0.15) is 12.0 Å². The van der Waals surface area contributed by atoms with Gasteiger partial charge in [0.1, 0.15) is 5.75 Å². The summed E-state index contributed by atoms with van der Waals surface area (Å²) in [6.45, 7) is 2.00. The van der Waals surface area contributed by atoms with Crippen LogP contribution in [0.2, 0.25) is 5.02 Å². The Kier molecular flexibility index (Phi) is 7.43. The van der Waals surface area contributed by atoms with Gasteiger partial charge in [-0.3, -0.25) is 5.41 Å². The molecule has 2 aromatic rings. The number of hydrogen-bond acceptors (Lipinski definition) is 4. The summed E-state index contributed by atoms with van der Waals surface area (Å²) in [5.41, 5.74) is 1.05. The van der Waals surface area contributed by atoms with Crippen molar-refractivity contribution in [1.29, 1.82) is 5.41 Å². The average Bonchev–Trinajstić information content (AvgIpc) is 2.58. The van der Waals surface area contributed by atoms with Crippen molar-refractivity contribution in [2.24, 2.45) is 0 Å². The number of hydrogen-bond donors (Lipinski definition) is 2. The van der Waals surface area contributed by atoms with Gasteiger partial charge >= 0.3 is 0 Å². The molecule has 2 N–H and O–H groups in total. The van der Waals surface area contributed by atoms with Crippen LogP contribution < -0.4 is 0 Å². The Morgan fingerprint density at radius 3 is 2.46 bits per heavy atom. The molecule has 0 radical (unpaired) electrons. The number of rotatable bonds is 7. The largest absolute Gasteiger partial charge is 0.508 e. The van der Waals surface area contributed by atoms with Crippen LogP contribution >= 0.6 is 23.4 Å². The molecule has 6 heteroatoms. The molecule has 0 aliphatic heterocycles. The van der Waals surface area contributed by atoms with Gasteiger partial charge in [-0.25, -0.2) is 0 Å². The van der Waals surface area contributed by atoms with Crippen LogP contribution in [0.4, 0.5) is 0 Å². The van der Waals surface area contributed by atoms with Gasteiger partial charge in [0.05, 0.1) is 0 Å².